The Morgan fingerprint density at radius 3 is 2.76 bits per heavy atom. The Labute approximate surface area is 135 Å². The van der Waals surface area contributed by atoms with Crippen LogP contribution >= 0.6 is 23.2 Å². The fourth-order valence-electron chi connectivity index (χ4n) is 2.27. The highest BCUT2D eigenvalue weighted by molar-refractivity contribution is 7.90. The first-order valence-corrected chi connectivity index (χ1v) is 9.17. The van der Waals surface area contributed by atoms with Crippen LogP contribution in [0.2, 0.25) is 10.0 Å². The second-order valence-electron chi connectivity index (χ2n) is 5.46. The van der Waals surface area contributed by atoms with Crippen molar-refractivity contribution in [2.24, 2.45) is 0 Å². The first-order chi connectivity index (χ1) is 9.79. The lowest BCUT2D eigenvalue weighted by molar-refractivity contribution is 0.462. The largest absolute Gasteiger partial charge is 0.354 e. The van der Waals surface area contributed by atoms with Crippen molar-refractivity contribution >= 4 is 39.0 Å². The van der Waals surface area contributed by atoms with Crippen molar-refractivity contribution in [1.82, 2.24) is 9.71 Å². The van der Waals surface area contributed by atoms with Crippen LogP contribution in [0.3, 0.4) is 0 Å². The number of pyridine rings is 1. The Morgan fingerprint density at radius 1 is 1.43 bits per heavy atom. The fraction of sp³-hybridized carbons (Fsp3) is 0.615. The van der Waals surface area contributed by atoms with Crippen molar-refractivity contribution in [2.75, 3.05) is 18.0 Å². The van der Waals surface area contributed by atoms with Crippen molar-refractivity contribution in [1.29, 1.82) is 0 Å². The lowest BCUT2D eigenvalue weighted by Gasteiger charge is -2.34. The van der Waals surface area contributed by atoms with Gasteiger partial charge in [-0.3, -0.25) is 0 Å². The Balaban J connectivity index is 2.11. The summed E-state index contributed by atoms with van der Waals surface area (Å²) in [6, 6.07) is 1.52. The average Bonchev–Trinajstić information content (AvgIpc) is 2.38. The molecule has 1 unspecified atom stereocenters. The van der Waals surface area contributed by atoms with Crippen LogP contribution in [0.25, 0.3) is 0 Å². The predicted molar refractivity (Wildman–Crippen MR) is 86.7 cm³/mol. The Bertz CT molecular complexity index is 607. The predicted octanol–water partition coefficient (Wildman–Crippen LogP) is 2.69. The highest BCUT2D eigenvalue weighted by Gasteiger charge is 2.27. The van der Waals surface area contributed by atoms with E-state index in [1.165, 1.54) is 0 Å². The SMILES string of the molecule is CC(C)S(=O)(=O)NC1CCCN(c2ncc(Cl)cc2Cl)C1. The topological polar surface area (TPSA) is 62.3 Å². The molecule has 0 spiro atoms. The van der Waals surface area contributed by atoms with E-state index >= 15 is 0 Å². The van der Waals surface area contributed by atoms with E-state index in [-0.39, 0.29) is 6.04 Å². The highest BCUT2D eigenvalue weighted by Crippen LogP contribution is 2.28. The van der Waals surface area contributed by atoms with Gasteiger partial charge in [0.25, 0.3) is 0 Å². The molecule has 0 radical (unpaired) electrons. The minimum atomic E-state index is -3.27. The number of sulfonamides is 1. The van der Waals surface area contributed by atoms with Gasteiger partial charge in [-0.1, -0.05) is 23.2 Å². The van der Waals surface area contributed by atoms with Gasteiger partial charge in [-0.25, -0.2) is 18.1 Å². The molecule has 5 nitrogen and oxygen atoms in total. The van der Waals surface area contributed by atoms with Gasteiger partial charge >= 0.3 is 0 Å². The van der Waals surface area contributed by atoms with Crippen LogP contribution in [0, 0.1) is 0 Å². The minimum Gasteiger partial charge on any atom is -0.354 e. The van der Waals surface area contributed by atoms with Gasteiger partial charge in [0.1, 0.15) is 5.82 Å². The van der Waals surface area contributed by atoms with E-state index in [4.69, 9.17) is 23.2 Å². The normalized spacial score (nSPS) is 20.0. The third-order valence-electron chi connectivity index (χ3n) is 3.46. The first-order valence-electron chi connectivity index (χ1n) is 6.86. The average molecular weight is 352 g/mol. The van der Waals surface area contributed by atoms with E-state index in [1.807, 2.05) is 4.90 Å². The van der Waals surface area contributed by atoms with E-state index in [9.17, 15) is 8.42 Å². The first kappa shape index (κ1) is 16.8. The number of hydrogen-bond donors (Lipinski definition) is 1. The lowest BCUT2D eigenvalue weighted by Crippen LogP contribution is -2.49. The van der Waals surface area contributed by atoms with Gasteiger partial charge in [0, 0.05) is 25.3 Å². The third kappa shape index (κ3) is 4.22. The van der Waals surface area contributed by atoms with Gasteiger partial charge < -0.3 is 4.90 Å². The van der Waals surface area contributed by atoms with Gasteiger partial charge in [-0.2, -0.15) is 0 Å². The molecule has 0 aliphatic carbocycles. The van der Waals surface area contributed by atoms with Crippen molar-refractivity contribution in [2.45, 2.75) is 38.0 Å². The number of rotatable bonds is 4. The van der Waals surface area contributed by atoms with E-state index in [0.29, 0.717) is 22.4 Å². The van der Waals surface area contributed by atoms with Gasteiger partial charge in [-0.15, -0.1) is 0 Å². The quantitative estimate of drug-likeness (QED) is 0.905. The van der Waals surface area contributed by atoms with E-state index in [2.05, 4.69) is 9.71 Å². The minimum absolute atomic E-state index is 0.125. The van der Waals surface area contributed by atoms with Gasteiger partial charge in [0.2, 0.25) is 10.0 Å². The molecule has 1 aromatic rings. The number of hydrogen-bond acceptors (Lipinski definition) is 4. The molecule has 1 aromatic heterocycles. The maximum absolute atomic E-state index is 12.0. The van der Waals surface area contributed by atoms with Crippen molar-refractivity contribution in [3.8, 4) is 0 Å². The smallest absolute Gasteiger partial charge is 0.214 e. The molecule has 2 heterocycles. The zero-order chi connectivity index (χ0) is 15.6. The van der Waals surface area contributed by atoms with E-state index < -0.39 is 15.3 Å². The van der Waals surface area contributed by atoms with Crippen molar-refractivity contribution < 1.29 is 8.42 Å². The fourth-order valence-corrected chi connectivity index (χ4v) is 3.70. The summed E-state index contributed by atoms with van der Waals surface area (Å²) >= 11 is 12.0. The van der Waals surface area contributed by atoms with Crippen LogP contribution in [0.4, 0.5) is 5.82 Å². The number of aromatic nitrogens is 1. The van der Waals surface area contributed by atoms with E-state index in [1.54, 1.807) is 26.1 Å². The molecular weight excluding hydrogens is 333 g/mol. The molecular formula is C13H19Cl2N3O2S. The molecule has 1 aliphatic heterocycles. The Morgan fingerprint density at radius 2 is 2.14 bits per heavy atom. The number of nitrogens with one attached hydrogen (secondary N) is 1. The molecule has 21 heavy (non-hydrogen) atoms. The van der Waals surface area contributed by atoms with Crippen molar-refractivity contribution in [3.05, 3.63) is 22.3 Å². The Hall–Kier alpha value is -0.560. The summed E-state index contributed by atoms with van der Waals surface area (Å²) < 4.78 is 26.7. The van der Waals surface area contributed by atoms with Crippen LogP contribution in [0.15, 0.2) is 12.3 Å². The maximum atomic E-state index is 12.0. The van der Waals surface area contributed by atoms with Crippen LogP contribution < -0.4 is 9.62 Å². The molecule has 1 fully saturated rings. The van der Waals surface area contributed by atoms with Crippen molar-refractivity contribution in [3.63, 3.8) is 0 Å². The summed E-state index contributed by atoms with van der Waals surface area (Å²) in [7, 11) is -3.27. The van der Waals surface area contributed by atoms with Gasteiger partial charge in [0.05, 0.1) is 15.3 Å². The zero-order valence-electron chi connectivity index (χ0n) is 12.0. The van der Waals surface area contributed by atoms with Crippen LogP contribution in [-0.4, -0.2) is 37.8 Å². The summed E-state index contributed by atoms with van der Waals surface area (Å²) in [5.41, 5.74) is 0. The second-order valence-corrected chi connectivity index (χ2v) is 8.57. The lowest BCUT2D eigenvalue weighted by atomic mass is 10.1. The number of piperidine rings is 1. The van der Waals surface area contributed by atoms with E-state index in [0.717, 1.165) is 19.4 Å². The summed E-state index contributed by atoms with van der Waals surface area (Å²) in [5, 5.41) is 0.526. The molecule has 1 aliphatic rings. The number of nitrogens with zero attached hydrogens (tertiary/aromatic N) is 2. The molecule has 0 saturated carbocycles. The molecule has 0 amide bonds. The molecule has 1 atom stereocenters. The molecule has 118 valence electrons. The zero-order valence-corrected chi connectivity index (χ0v) is 14.3. The summed E-state index contributed by atoms with van der Waals surface area (Å²) in [4.78, 5) is 6.25. The summed E-state index contributed by atoms with van der Waals surface area (Å²) in [6.07, 6.45) is 3.24. The molecule has 0 aromatic carbocycles. The molecule has 0 bridgehead atoms. The monoisotopic (exact) mass is 351 g/mol. The number of anilines is 1. The molecule has 2 rings (SSSR count). The molecule has 1 N–H and O–H groups in total. The van der Waals surface area contributed by atoms with Crippen LogP contribution in [0.5, 0.6) is 0 Å². The highest BCUT2D eigenvalue weighted by atomic mass is 35.5. The standard InChI is InChI=1S/C13H19Cl2N3O2S/c1-9(2)21(19,20)17-11-4-3-5-18(8-11)13-12(15)6-10(14)7-16-13/h6-7,9,11,17H,3-5,8H2,1-2H3. The van der Waals surface area contributed by atoms with Crippen LogP contribution in [-0.2, 0) is 10.0 Å². The third-order valence-corrected chi connectivity index (χ3v) is 5.85. The molecule has 1 saturated heterocycles. The maximum Gasteiger partial charge on any atom is 0.214 e. The number of halogens is 2. The summed E-state index contributed by atoms with van der Waals surface area (Å²) in [6.45, 7) is 4.69. The molecule has 8 heteroatoms. The second kappa shape index (κ2) is 6.69. The van der Waals surface area contributed by atoms with Gasteiger partial charge in [-0.05, 0) is 32.8 Å². The van der Waals surface area contributed by atoms with Crippen LogP contribution in [0.1, 0.15) is 26.7 Å². The summed E-state index contributed by atoms with van der Waals surface area (Å²) in [5.74, 6) is 0.648. The Kier molecular flexibility index (Phi) is 5.35. The van der Waals surface area contributed by atoms with Gasteiger partial charge in [0.15, 0.2) is 0 Å².